The maximum absolute atomic E-state index is 11.6. The molecule has 0 aliphatic carbocycles. The number of nitrogens with zero attached hydrogens (tertiary/aromatic N) is 1. The topological polar surface area (TPSA) is 49.4 Å². The second-order valence-electron chi connectivity index (χ2n) is 4.80. The smallest absolute Gasteiger partial charge is 0.324 e. The standard InChI is InChI=1S/C12H22N2O2S/c1-3-5-12(9-17,6-4-2)8-14-10(15)7-13-11(14)16/h17H,3-9H2,1-2H3,(H,13,16). The quantitative estimate of drug-likeness (QED) is 0.542. The van der Waals surface area contributed by atoms with Gasteiger partial charge in [0.1, 0.15) is 0 Å². The number of rotatable bonds is 7. The third-order valence-electron chi connectivity index (χ3n) is 3.33. The van der Waals surface area contributed by atoms with Crippen LogP contribution in [0.5, 0.6) is 0 Å². The van der Waals surface area contributed by atoms with Crippen molar-refractivity contribution in [1.82, 2.24) is 10.2 Å². The summed E-state index contributed by atoms with van der Waals surface area (Å²) in [7, 11) is 0. The van der Waals surface area contributed by atoms with Gasteiger partial charge < -0.3 is 5.32 Å². The van der Waals surface area contributed by atoms with E-state index in [0.29, 0.717) is 12.3 Å². The molecule has 0 radical (unpaired) electrons. The number of carbonyl (C=O) groups is 2. The molecular formula is C12H22N2O2S. The van der Waals surface area contributed by atoms with Crippen molar-refractivity contribution in [3.63, 3.8) is 0 Å². The number of nitrogens with one attached hydrogen (secondary N) is 1. The van der Waals surface area contributed by atoms with Gasteiger partial charge in [-0.1, -0.05) is 26.7 Å². The summed E-state index contributed by atoms with van der Waals surface area (Å²) in [5, 5.41) is 2.56. The number of thiol groups is 1. The van der Waals surface area contributed by atoms with Crippen LogP contribution >= 0.6 is 12.6 Å². The van der Waals surface area contributed by atoms with E-state index >= 15 is 0 Å². The molecular weight excluding hydrogens is 236 g/mol. The molecule has 17 heavy (non-hydrogen) atoms. The molecule has 0 atom stereocenters. The highest BCUT2D eigenvalue weighted by Gasteiger charge is 2.37. The van der Waals surface area contributed by atoms with Crippen molar-refractivity contribution in [2.24, 2.45) is 5.41 Å². The van der Waals surface area contributed by atoms with Gasteiger partial charge >= 0.3 is 6.03 Å². The first-order valence-corrected chi connectivity index (χ1v) is 6.91. The summed E-state index contributed by atoms with van der Waals surface area (Å²) in [5.41, 5.74) is -0.0239. The summed E-state index contributed by atoms with van der Waals surface area (Å²) in [5.74, 6) is 0.597. The highest BCUT2D eigenvalue weighted by molar-refractivity contribution is 7.80. The van der Waals surface area contributed by atoms with Crippen LogP contribution in [0.2, 0.25) is 0 Å². The van der Waals surface area contributed by atoms with Crippen molar-refractivity contribution in [2.75, 3.05) is 18.8 Å². The van der Waals surface area contributed by atoms with Crippen LogP contribution in [0.25, 0.3) is 0 Å². The van der Waals surface area contributed by atoms with E-state index in [9.17, 15) is 9.59 Å². The van der Waals surface area contributed by atoms with Gasteiger partial charge in [0.15, 0.2) is 0 Å². The number of carbonyl (C=O) groups excluding carboxylic acids is 2. The summed E-state index contributed by atoms with van der Waals surface area (Å²) < 4.78 is 0. The number of imide groups is 1. The van der Waals surface area contributed by atoms with Gasteiger partial charge in [-0.15, -0.1) is 0 Å². The lowest BCUT2D eigenvalue weighted by Gasteiger charge is -2.34. The van der Waals surface area contributed by atoms with E-state index in [-0.39, 0.29) is 23.9 Å². The molecule has 0 unspecified atom stereocenters. The van der Waals surface area contributed by atoms with Crippen molar-refractivity contribution >= 4 is 24.6 Å². The molecule has 1 heterocycles. The molecule has 5 heteroatoms. The Balaban J connectivity index is 2.76. The van der Waals surface area contributed by atoms with Gasteiger partial charge in [0, 0.05) is 6.54 Å². The van der Waals surface area contributed by atoms with Gasteiger partial charge in [-0.3, -0.25) is 9.69 Å². The normalized spacial score (nSPS) is 16.5. The van der Waals surface area contributed by atoms with Gasteiger partial charge in [0.2, 0.25) is 5.91 Å². The summed E-state index contributed by atoms with van der Waals surface area (Å²) in [4.78, 5) is 24.5. The van der Waals surface area contributed by atoms with Crippen molar-refractivity contribution < 1.29 is 9.59 Å². The van der Waals surface area contributed by atoms with Crippen LogP contribution in [0.3, 0.4) is 0 Å². The van der Waals surface area contributed by atoms with Gasteiger partial charge in [-0.25, -0.2) is 4.79 Å². The Morgan fingerprint density at radius 3 is 2.24 bits per heavy atom. The SMILES string of the molecule is CCCC(CS)(CCC)CN1C(=O)CNC1=O. The zero-order valence-corrected chi connectivity index (χ0v) is 11.6. The van der Waals surface area contributed by atoms with Crippen molar-refractivity contribution in [2.45, 2.75) is 39.5 Å². The number of urea groups is 1. The fraction of sp³-hybridized carbons (Fsp3) is 0.833. The number of hydrogen-bond acceptors (Lipinski definition) is 3. The van der Waals surface area contributed by atoms with Crippen molar-refractivity contribution in [1.29, 1.82) is 0 Å². The maximum Gasteiger partial charge on any atom is 0.324 e. The second-order valence-corrected chi connectivity index (χ2v) is 5.11. The zero-order chi connectivity index (χ0) is 12.9. The van der Waals surface area contributed by atoms with Crippen LogP contribution in [0.15, 0.2) is 0 Å². The fourth-order valence-corrected chi connectivity index (χ4v) is 2.92. The lowest BCUT2D eigenvalue weighted by Crippen LogP contribution is -2.42. The number of amides is 3. The molecule has 0 aromatic heterocycles. The lowest BCUT2D eigenvalue weighted by molar-refractivity contribution is -0.126. The minimum absolute atomic E-state index is 0.0239. The average Bonchev–Trinajstić information content (AvgIpc) is 2.61. The first-order chi connectivity index (χ1) is 8.08. The molecule has 1 aliphatic rings. The van der Waals surface area contributed by atoms with Gasteiger partial charge in [0.25, 0.3) is 0 Å². The predicted molar refractivity (Wildman–Crippen MR) is 71.2 cm³/mol. The molecule has 1 fully saturated rings. The molecule has 0 saturated carbocycles. The Labute approximate surface area is 109 Å². The van der Waals surface area contributed by atoms with E-state index in [1.165, 1.54) is 4.90 Å². The molecule has 1 rings (SSSR count). The van der Waals surface area contributed by atoms with E-state index in [0.717, 1.165) is 25.7 Å². The molecule has 1 N–H and O–H groups in total. The highest BCUT2D eigenvalue weighted by Crippen LogP contribution is 2.32. The fourth-order valence-electron chi connectivity index (χ4n) is 2.50. The lowest BCUT2D eigenvalue weighted by atomic mass is 9.80. The minimum Gasteiger partial charge on any atom is -0.329 e. The molecule has 0 aromatic carbocycles. The summed E-state index contributed by atoms with van der Waals surface area (Å²) in [6.45, 7) is 4.89. The Kier molecular flexibility index (Phi) is 5.31. The van der Waals surface area contributed by atoms with Crippen LogP contribution in [-0.2, 0) is 4.79 Å². The van der Waals surface area contributed by atoms with E-state index in [1.54, 1.807) is 0 Å². The van der Waals surface area contributed by atoms with Crippen LogP contribution in [0.4, 0.5) is 4.79 Å². The van der Waals surface area contributed by atoms with Crippen LogP contribution in [0.1, 0.15) is 39.5 Å². The van der Waals surface area contributed by atoms with E-state index in [1.807, 2.05) is 0 Å². The Morgan fingerprint density at radius 2 is 1.88 bits per heavy atom. The van der Waals surface area contributed by atoms with Gasteiger partial charge in [0.05, 0.1) is 6.54 Å². The molecule has 3 amide bonds. The first kappa shape index (κ1) is 14.4. The minimum atomic E-state index is -0.256. The van der Waals surface area contributed by atoms with Crippen LogP contribution < -0.4 is 5.32 Å². The van der Waals surface area contributed by atoms with E-state index in [2.05, 4.69) is 31.8 Å². The zero-order valence-electron chi connectivity index (χ0n) is 10.7. The highest BCUT2D eigenvalue weighted by atomic mass is 32.1. The third-order valence-corrected chi connectivity index (χ3v) is 4.00. The first-order valence-electron chi connectivity index (χ1n) is 6.27. The predicted octanol–water partition coefficient (Wildman–Crippen LogP) is 2.05. The number of hydrogen-bond donors (Lipinski definition) is 2. The van der Waals surface area contributed by atoms with Crippen molar-refractivity contribution in [3.05, 3.63) is 0 Å². The average molecular weight is 258 g/mol. The van der Waals surface area contributed by atoms with Gasteiger partial charge in [-0.2, -0.15) is 12.6 Å². The summed E-state index contributed by atoms with van der Waals surface area (Å²) in [6.07, 6.45) is 4.09. The Morgan fingerprint density at radius 1 is 1.29 bits per heavy atom. The van der Waals surface area contributed by atoms with E-state index < -0.39 is 0 Å². The molecule has 4 nitrogen and oxygen atoms in total. The second kappa shape index (κ2) is 6.28. The maximum atomic E-state index is 11.6. The molecule has 0 bridgehead atoms. The van der Waals surface area contributed by atoms with Gasteiger partial charge in [-0.05, 0) is 24.0 Å². The molecule has 1 aliphatic heterocycles. The van der Waals surface area contributed by atoms with Crippen LogP contribution in [-0.4, -0.2) is 35.7 Å². The van der Waals surface area contributed by atoms with Crippen molar-refractivity contribution in [3.8, 4) is 0 Å². The summed E-state index contributed by atoms with van der Waals surface area (Å²) in [6, 6.07) is -0.256. The largest absolute Gasteiger partial charge is 0.329 e. The molecule has 0 aromatic rings. The molecule has 0 spiro atoms. The Hall–Kier alpha value is -0.710. The molecule has 1 saturated heterocycles. The van der Waals surface area contributed by atoms with Crippen LogP contribution in [0, 0.1) is 5.41 Å². The monoisotopic (exact) mass is 258 g/mol. The molecule has 98 valence electrons. The summed E-state index contributed by atoms with van der Waals surface area (Å²) >= 11 is 4.43. The van der Waals surface area contributed by atoms with E-state index in [4.69, 9.17) is 0 Å². The third kappa shape index (κ3) is 3.37. The Bertz CT molecular complexity index is 272.